The zero-order chi connectivity index (χ0) is 16.4. The molecule has 0 radical (unpaired) electrons. The quantitative estimate of drug-likeness (QED) is 0.884. The number of aromatic nitrogens is 1. The van der Waals surface area contributed by atoms with Gasteiger partial charge in [0.25, 0.3) is 0 Å². The van der Waals surface area contributed by atoms with E-state index in [2.05, 4.69) is 0 Å². The second kappa shape index (κ2) is 6.42. The standard InChI is InChI=1S/C17H20N2O4/c20-15(21)11-19-10-13(12-6-2-3-7-14(12)19)16(17(22)23)18-8-4-1-5-9-18/h2-3,6-7,10,16H,1,4-5,8-9,11H2,(H,20,21)(H,22,23). The largest absolute Gasteiger partial charge is 0.480 e. The summed E-state index contributed by atoms with van der Waals surface area (Å²) in [4.78, 5) is 25.0. The van der Waals surface area contributed by atoms with Crippen molar-refractivity contribution in [3.63, 3.8) is 0 Å². The van der Waals surface area contributed by atoms with Gasteiger partial charge in [-0.05, 0) is 32.0 Å². The summed E-state index contributed by atoms with van der Waals surface area (Å²) in [6.45, 7) is 1.34. The number of nitrogens with zero attached hydrogens (tertiary/aromatic N) is 2. The molecule has 1 unspecified atom stereocenters. The summed E-state index contributed by atoms with van der Waals surface area (Å²) in [6, 6.07) is 6.66. The number of piperidine rings is 1. The Kier molecular flexibility index (Phi) is 4.34. The molecule has 0 saturated carbocycles. The molecule has 2 N–H and O–H groups in total. The lowest BCUT2D eigenvalue weighted by atomic mass is 10.0. The zero-order valence-electron chi connectivity index (χ0n) is 12.8. The molecule has 2 heterocycles. The number of hydrogen-bond acceptors (Lipinski definition) is 3. The van der Waals surface area contributed by atoms with Crippen LogP contribution >= 0.6 is 0 Å². The molecule has 2 aromatic rings. The highest BCUT2D eigenvalue weighted by molar-refractivity contribution is 5.90. The molecular weight excluding hydrogens is 296 g/mol. The van der Waals surface area contributed by atoms with Crippen molar-refractivity contribution in [2.24, 2.45) is 0 Å². The number of aliphatic carboxylic acids is 2. The predicted molar refractivity (Wildman–Crippen MR) is 85.4 cm³/mol. The van der Waals surface area contributed by atoms with E-state index >= 15 is 0 Å². The summed E-state index contributed by atoms with van der Waals surface area (Å²) in [5.74, 6) is -1.83. The molecule has 1 aliphatic heterocycles. The van der Waals surface area contributed by atoms with Crippen LogP contribution in [0.1, 0.15) is 30.9 Å². The number of likely N-dealkylation sites (tertiary alicyclic amines) is 1. The minimum absolute atomic E-state index is 0.174. The van der Waals surface area contributed by atoms with Crippen LogP contribution in [-0.2, 0) is 16.1 Å². The third kappa shape index (κ3) is 3.07. The molecule has 1 saturated heterocycles. The van der Waals surface area contributed by atoms with Crippen molar-refractivity contribution in [1.82, 2.24) is 9.47 Å². The Morgan fingerprint density at radius 2 is 1.78 bits per heavy atom. The predicted octanol–water partition coefficient (Wildman–Crippen LogP) is 2.34. The van der Waals surface area contributed by atoms with Crippen LogP contribution in [0.4, 0.5) is 0 Å². The summed E-state index contributed by atoms with van der Waals surface area (Å²) in [5, 5.41) is 19.7. The molecule has 0 amide bonds. The average Bonchev–Trinajstić information content (AvgIpc) is 2.86. The van der Waals surface area contributed by atoms with Gasteiger partial charge in [-0.25, -0.2) is 0 Å². The van der Waals surface area contributed by atoms with E-state index in [4.69, 9.17) is 5.11 Å². The summed E-state index contributed by atoms with van der Waals surface area (Å²) in [5.41, 5.74) is 1.43. The van der Waals surface area contributed by atoms with Gasteiger partial charge in [0.2, 0.25) is 0 Å². The second-order valence-corrected chi connectivity index (χ2v) is 5.96. The Hall–Kier alpha value is -2.34. The molecule has 0 aliphatic carbocycles. The first-order valence-corrected chi connectivity index (χ1v) is 7.84. The number of carboxylic acid groups (broad SMARTS) is 2. The first-order valence-electron chi connectivity index (χ1n) is 7.84. The number of carboxylic acids is 2. The monoisotopic (exact) mass is 316 g/mol. The number of fused-ring (bicyclic) bond motifs is 1. The minimum Gasteiger partial charge on any atom is -0.480 e. The highest BCUT2D eigenvalue weighted by atomic mass is 16.4. The topological polar surface area (TPSA) is 82.8 Å². The fourth-order valence-electron chi connectivity index (χ4n) is 3.43. The smallest absolute Gasteiger partial charge is 0.325 e. The lowest BCUT2D eigenvalue weighted by molar-refractivity contribution is -0.144. The molecule has 0 bridgehead atoms. The number of para-hydroxylation sites is 1. The molecule has 0 spiro atoms. The highest BCUT2D eigenvalue weighted by Crippen LogP contribution is 2.32. The van der Waals surface area contributed by atoms with Gasteiger partial charge in [0, 0.05) is 22.7 Å². The number of rotatable bonds is 5. The SMILES string of the molecule is O=C(O)Cn1cc(C(C(=O)O)N2CCCCC2)c2ccccc21. The molecule has 1 aromatic carbocycles. The molecule has 1 aromatic heterocycles. The number of carbonyl (C=O) groups is 2. The maximum absolute atomic E-state index is 11.9. The van der Waals surface area contributed by atoms with Crippen LogP contribution in [0.3, 0.4) is 0 Å². The molecular formula is C17H20N2O4. The number of hydrogen-bond donors (Lipinski definition) is 2. The maximum atomic E-state index is 11.9. The molecule has 3 rings (SSSR count). The van der Waals surface area contributed by atoms with Gasteiger partial charge in [-0.1, -0.05) is 24.6 Å². The summed E-state index contributed by atoms with van der Waals surface area (Å²) in [7, 11) is 0. The third-order valence-electron chi connectivity index (χ3n) is 4.41. The maximum Gasteiger partial charge on any atom is 0.325 e. The van der Waals surface area contributed by atoms with E-state index in [1.165, 1.54) is 0 Å². The molecule has 1 atom stereocenters. The molecule has 6 nitrogen and oxygen atoms in total. The first kappa shape index (κ1) is 15.6. The summed E-state index contributed by atoms with van der Waals surface area (Å²) in [6.07, 6.45) is 4.81. The van der Waals surface area contributed by atoms with Crippen molar-refractivity contribution < 1.29 is 19.8 Å². The van der Waals surface area contributed by atoms with E-state index in [0.29, 0.717) is 5.56 Å². The third-order valence-corrected chi connectivity index (χ3v) is 4.41. The summed E-state index contributed by atoms with van der Waals surface area (Å²) < 4.78 is 1.62. The van der Waals surface area contributed by atoms with Gasteiger partial charge in [0.1, 0.15) is 12.6 Å². The van der Waals surface area contributed by atoms with Gasteiger partial charge < -0.3 is 14.8 Å². The van der Waals surface area contributed by atoms with E-state index in [1.807, 2.05) is 29.2 Å². The average molecular weight is 316 g/mol. The second-order valence-electron chi connectivity index (χ2n) is 5.96. The minimum atomic E-state index is -0.942. The van der Waals surface area contributed by atoms with Crippen molar-refractivity contribution in [2.75, 3.05) is 13.1 Å². The van der Waals surface area contributed by atoms with Crippen LogP contribution < -0.4 is 0 Å². The van der Waals surface area contributed by atoms with E-state index in [-0.39, 0.29) is 6.54 Å². The van der Waals surface area contributed by atoms with E-state index < -0.39 is 18.0 Å². The van der Waals surface area contributed by atoms with Gasteiger partial charge in [0.05, 0.1) is 0 Å². The molecule has 6 heteroatoms. The zero-order valence-corrected chi connectivity index (χ0v) is 12.8. The molecule has 1 aliphatic rings. The van der Waals surface area contributed by atoms with Crippen molar-refractivity contribution in [1.29, 1.82) is 0 Å². The lowest BCUT2D eigenvalue weighted by Crippen LogP contribution is -2.37. The van der Waals surface area contributed by atoms with Gasteiger partial charge in [0.15, 0.2) is 0 Å². The first-order chi connectivity index (χ1) is 11.1. The van der Waals surface area contributed by atoms with E-state index in [9.17, 15) is 14.7 Å². The van der Waals surface area contributed by atoms with Crippen LogP contribution in [-0.4, -0.2) is 44.7 Å². The lowest BCUT2D eigenvalue weighted by Gasteiger charge is -2.31. The van der Waals surface area contributed by atoms with Gasteiger partial charge in [-0.3, -0.25) is 14.5 Å². The van der Waals surface area contributed by atoms with Crippen molar-refractivity contribution >= 4 is 22.8 Å². The Bertz CT molecular complexity index is 731. The van der Waals surface area contributed by atoms with Crippen LogP contribution in [0.5, 0.6) is 0 Å². The fourth-order valence-corrected chi connectivity index (χ4v) is 3.43. The number of benzene rings is 1. The van der Waals surface area contributed by atoms with Crippen LogP contribution in [0, 0.1) is 0 Å². The molecule has 122 valence electrons. The van der Waals surface area contributed by atoms with Crippen LogP contribution in [0.25, 0.3) is 10.9 Å². The van der Waals surface area contributed by atoms with Gasteiger partial charge in [-0.2, -0.15) is 0 Å². The van der Waals surface area contributed by atoms with Crippen LogP contribution in [0.15, 0.2) is 30.5 Å². The van der Waals surface area contributed by atoms with E-state index in [1.54, 1.807) is 10.8 Å². The van der Waals surface area contributed by atoms with Gasteiger partial charge >= 0.3 is 11.9 Å². The van der Waals surface area contributed by atoms with Gasteiger partial charge in [-0.15, -0.1) is 0 Å². The Balaban J connectivity index is 2.08. The van der Waals surface area contributed by atoms with Crippen molar-refractivity contribution in [3.8, 4) is 0 Å². The summed E-state index contributed by atoms with van der Waals surface area (Å²) >= 11 is 0. The molecule has 1 fully saturated rings. The van der Waals surface area contributed by atoms with Crippen molar-refractivity contribution in [2.45, 2.75) is 31.8 Å². The van der Waals surface area contributed by atoms with Crippen LogP contribution in [0.2, 0.25) is 0 Å². The Morgan fingerprint density at radius 1 is 1.09 bits per heavy atom. The normalized spacial score (nSPS) is 17.2. The van der Waals surface area contributed by atoms with Crippen molar-refractivity contribution in [3.05, 3.63) is 36.0 Å². The highest BCUT2D eigenvalue weighted by Gasteiger charge is 2.31. The Labute approximate surface area is 133 Å². The van der Waals surface area contributed by atoms with E-state index in [0.717, 1.165) is 43.3 Å². The fraction of sp³-hybridized carbons (Fsp3) is 0.412. The Morgan fingerprint density at radius 3 is 2.43 bits per heavy atom. The molecule has 23 heavy (non-hydrogen) atoms.